The maximum absolute atomic E-state index is 9.81. The molecule has 0 fully saturated rings. The van der Waals surface area contributed by atoms with Gasteiger partial charge in [0.05, 0.1) is 7.11 Å². The molecule has 108 valence electrons. The van der Waals surface area contributed by atoms with E-state index in [1.165, 1.54) is 0 Å². The second kappa shape index (κ2) is 7.36. The molecule has 0 aromatic heterocycles. The Kier molecular flexibility index (Phi) is 6.12. The van der Waals surface area contributed by atoms with Crippen LogP contribution >= 0.6 is 0 Å². The average Bonchev–Trinajstić information content (AvgIpc) is 2.35. The molecule has 0 aliphatic rings. The van der Waals surface area contributed by atoms with Gasteiger partial charge in [0.2, 0.25) is 0 Å². The van der Waals surface area contributed by atoms with Gasteiger partial charge >= 0.3 is 0 Å². The number of nitrogens with one attached hydrogen (secondary N) is 1. The summed E-state index contributed by atoms with van der Waals surface area (Å²) in [5.41, 5.74) is 0.862. The molecular formula is C15H26N2O2. The summed E-state index contributed by atoms with van der Waals surface area (Å²) < 4.78 is 5.17. The topological polar surface area (TPSA) is 44.7 Å². The van der Waals surface area contributed by atoms with E-state index < -0.39 is 0 Å². The van der Waals surface area contributed by atoms with Gasteiger partial charge in [-0.05, 0) is 38.2 Å². The van der Waals surface area contributed by atoms with Crippen LogP contribution in [0.5, 0.6) is 11.5 Å². The lowest BCUT2D eigenvalue weighted by atomic mass is 10.0. The number of rotatable bonds is 7. The molecule has 4 nitrogen and oxygen atoms in total. The standard InChI is InChI=1S/C15H26N2O2/c1-11(2)14(17(3)4)10-16-9-12-8-13(19-5)6-7-15(12)18/h6-8,11,14,16,18H,9-10H2,1-5H3. The van der Waals surface area contributed by atoms with Crippen LogP contribution in [0, 0.1) is 5.92 Å². The molecule has 1 aromatic carbocycles. The first-order chi connectivity index (χ1) is 8.95. The largest absolute Gasteiger partial charge is 0.508 e. The number of phenolic OH excluding ortho intramolecular Hbond substituents is 1. The van der Waals surface area contributed by atoms with Crippen LogP contribution in [0.4, 0.5) is 0 Å². The molecule has 0 amide bonds. The third-order valence-electron chi connectivity index (χ3n) is 3.39. The Balaban J connectivity index is 2.57. The van der Waals surface area contributed by atoms with E-state index in [4.69, 9.17) is 4.74 Å². The summed E-state index contributed by atoms with van der Waals surface area (Å²) in [7, 11) is 5.81. The van der Waals surface area contributed by atoms with Crippen LogP contribution in [0.2, 0.25) is 0 Å². The molecule has 0 heterocycles. The van der Waals surface area contributed by atoms with Gasteiger partial charge in [-0.1, -0.05) is 13.8 Å². The van der Waals surface area contributed by atoms with E-state index in [0.29, 0.717) is 24.3 Å². The lowest BCUT2D eigenvalue weighted by Crippen LogP contribution is -2.41. The van der Waals surface area contributed by atoms with E-state index in [-0.39, 0.29) is 0 Å². The maximum atomic E-state index is 9.81. The SMILES string of the molecule is COc1ccc(O)c(CNCC(C(C)C)N(C)C)c1. The number of benzene rings is 1. The Morgan fingerprint density at radius 3 is 2.53 bits per heavy atom. The van der Waals surface area contributed by atoms with E-state index in [2.05, 4.69) is 38.2 Å². The predicted octanol–water partition coefficient (Wildman–Crippen LogP) is 2.08. The van der Waals surface area contributed by atoms with Gasteiger partial charge in [0.15, 0.2) is 0 Å². The normalized spacial score (nSPS) is 13.0. The fourth-order valence-electron chi connectivity index (χ4n) is 2.20. The number of aromatic hydroxyl groups is 1. The zero-order chi connectivity index (χ0) is 14.4. The van der Waals surface area contributed by atoms with Crippen molar-refractivity contribution in [1.82, 2.24) is 10.2 Å². The highest BCUT2D eigenvalue weighted by Crippen LogP contribution is 2.22. The van der Waals surface area contributed by atoms with Crippen molar-refractivity contribution in [2.45, 2.75) is 26.4 Å². The number of phenols is 1. The van der Waals surface area contributed by atoms with Crippen LogP contribution in [-0.4, -0.2) is 43.8 Å². The summed E-state index contributed by atoms with van der Waals surface area (Å²) in [6.45, 7) is 5.96. The first kappa shape index (κ1) is 15.8. The molecule has 0 saturated carbocycles. The number of nitrogens with zero attached hydrogens (tertiary/aromatic N) is 1. The highest BCUT2D eigenvalue weighted by molar-refractivity contribution is 5.39. The third kappa shape index (κ3) is 4.73. The van der Waals surface area contributed by atoms with Crippen molar-refractivity contribution in [2.75, 3.05) is 27.7 Å². The molecule has 0 saturated heterocycles. The minimum Gasteiger partial charge on any atom is -0.508 e. The fourth-order valence-corrected chi connectivity index (χ4v) is 2.20. The number of ether oxygens (including phenoxy) is 1. The summed E-state index contributed by atoms with van der Waals surface area (Å²) in [6.07, 6.45) is 0. The van der Waals surface area contributed by atoms with Gasteiger partial charge in [0.1, 0.15) is 11.5 Å². The van der Waals surface area contributed by atoms with E-state index in [9.17, 15) is 5.11 Å². The summed E-state index contributed by atoms with van der Waals surface area (Å²) in [4.78, 5) is 2.23. The Morgan fingerprint density at radius 2 is 2.00 bits per heavy atom. The maximum Gasteiger partial charge on any atom is 0.120 e. The van der Waals surface area contributed by atoms with Crippen molar-refractivity contribution in [1.29, 1.82) is 0 Å². The minimum atomic E-state index is 0.305. The number of hydrogen-bond acceptors (Lipinski definition) is 4. The molecule has 0 bridgehead atoms. The van der Waals surface area contributed by atoms with Gasteiger partial charge in [-0.3, -0.25) is 0 Å². The molecule has 1 aromatic rings. The van der Waals surface area contributed by atoms with Gasteiger partial charge in [-0.15, -0.1) is 0 Å². The summed E-state index contributed by atoms with van der Waals surface area (Å²) in [5, 5.41) is 13.2. The molecule has 4 heteroatoms. The van der Waals surface area contributed by atoms with Crippen LogP contribution in [0.25, 0.3) is 0 Å². The quantitative estimate of drug-likeness (QED) is 0.793. The minimum absolute atomic E-state index is 0.305. The Bertz CT molecular complexity index is 384. The molecule has 0 spiro atoms. The molecule has 0 aliphatic carbocycles. The smallest absolute Gasteiger partial charge is 0.120 e. The van der Waals surface area contributed by atoms with Crippen molar-refractivity contribution < 1.29 is 9.84 Å². The Morgan fingerprint density at radius 1 is 1.32 bits per heavy atom. The molecule has 1 atom stereocenters. The van der Waals surface area contributed by atoms with Gasteiger partial charge < -0.3 is 20.1 Å². The predicted molar refractivity (Wildman–Crippen MR) is 78.7 cm³/mol. The molecule has 0 aliphatic heterocycles. The molecule has 1 unspecified atom stereocenters. The first-order valence-electron chi connectivity index (χ1n) is 6.68. The number of hydrogen-bond donors (Lipinski definition) is 2. The second-order valence-corrected chi connectivity index (χ2v) is 5.40. The van der Waals surface area contributed by atoms with E-state index >= 15 is 0 Å². The zero-order valence-electron chi connectivity index (χ0n) is 12.6. The van der Waals surface area contributed by atoms with Gasteiger partial charge in [-0.2, -0.15) is 0 Å². The van der Waals surface area contributed by atoms with E-state index in [1.54, 1.807) is 19.2 Å². The summed E-state index contributed by atoms with van der Waals surface area (Å²) >= 11 is 0. The van der Waals surface area contributed by atoms with Crippen LogP contribution < -0.4 is 10.1 Å². The van der Waals surface area contributed by atoms with Gasteiger partial charge in [-0.25, -0.2) is 0 Å². The lowest BCUT2D eigenvalue weighted by Gasteiger charge is -2.28. The molecular weight excluding hydrogens is 240 g/mol. The van der Waals surface area contributed by atoms with Gasteiger partial charge in [0, 0.05) is 24.7 Å². The number of methoxy groups -OCH3 is 1. The number of likely N-dealkylation sites (N-methyl/N-ethyl adjacent to an activating group) is 1. The monoisotopic (exact) mass is 266 g/mol. The highest BCUT2D eigenvalue weighted by atomic mass is 16.5. The zero-order valence-corrected chi connectivity index (χ0v) is 12.6. The highest BCUT2D eigenvalue weighted by Gasteiger charge is 2.15. The third-order valence-corrected chi connectivity index (χ3v) is 3.39. The molecule has 0 radical (unpaired) electrons. The van der Waals surface area contributed by atoms with Crippen molar-refractivity contribution in [3.05, 3.63) is 23.8 Å². The van der Waals surface area contributed by atoms with Crippen LogP contribution in [-0.2, 0) is 6.54 Å². The average molecular weight is 266 g/mol. The Hall–Kier alpha value is -1.26. The van der Waals surface area contributed by atoms with Crippen LogP contribution in [0.3, 0.4) is 0 Å². The molecule has 19 heavy (non-hydrogen) atoms. The second-order valence-electron chi connectivity index (χ2n) is 5.40. The first-order valence-corrected chi connectivity index (χ1v) is 6.68. The lowest BCUT2D eigenvalue weighted by molar-refractivity contribution is 0.224. The van der Waals surface area contributed by atoms with Crippen molar-refractivity contribution in [3.63, 3.8) is 0 Å². The van der Waals surface area contributed by atoms with Gasteiger partial charge in [0.25, 0.3) is 0 Å². The van der Waals surface area contributed by atoms with Crippen molar-refractivity contribution in [3.8, 4) is 11.5 Å². The molecule has 2 N–H and O–H groups in total. The van der Waals surface area contributed by atoms with Crippen molar-refractivity contribution in [2.24, 2.45) is 5.92 Å². The summed E-state index contributed by atoms with van der Waals surface area (Å²) in [6, 6.07) is 5.77. The molecule has 1 rings (SSSR count). The fraction of sp³-hybridized carbons (Fsp3) is 0.600. The van der Waals surface area contributed by atoms with E-state index in [1.807, 2.05) is 6.07 Å². The van der Waals surface area contributed by atoms with Crippen LogP contribution in [0.15, 0.2) is 18.2 Å². The summed E-state index contributed by atoms with van der Waals surface area (Å²) in [5.74, 6) is 1.66. The van der Waals surface area contributed by atoms with Crippen LogP contribution in [0.1, 0.15) is 19.4 Å². The Labute approximate surface area is 116 Å². The van der Waals surface area contributed by atoms with E-state index in [0.717, 1.165) is 17.9 Å². The van der Waals surface area contributed by atoms with Crippen molar-refractivity contribution >= 4 is 0 Å².